The molecule has 1 amide bonds. The van der Waals surface area contributed by atoms with Crippen molar-refractivity contribution >= 4 is 23.0 Å². The first-order chi connectivity index (χ1) is 9.08. The van der Waals surface area contributed by atoms with Gasteiger partial charge in [0.15, 0.2) is 0 Å². The van der Waals surface area contributed by atoms with Gasteiger partial charge in [0.1, 0.15) is 0 Å². The number of rotatable bonds is 3. The summed E-state index contributed by atoms with van der Waals surface area (Å²) in [7, 11) is 0. The lowest BCUT2D eigenvalue weighted by atomic mass is 10.0. The highest BCUT2D eigenvalue weighted by Crippen LogP contribution is 2.12. The summed E-state index contributed by atoms with van der Waals surface area (Å²) in [6.07, 6.45) is 0. The van der Waals surface area contributed by atoms with Crippen LogP contribution in [0.3, 0.4) is 0 Å². The van der Waals surface area contributed by atoms with Gasteiger partial charge >= 0.3 is 0 Å². The second kappa shape index (κ2) is 5.80. The van der Waals surface area contributed by atoms with Gasteiger partial charge in [-0.3, -0.25) is 4.79 Å². The van der Waals surface area contributed by atoms with Crippen molar-refractivity contribution in [2.45, 2.75) is 20.8 Å². The number of nitrogens with one attached hydrogen (secondary N) is 1. The van der Waals surface area contributed by atoms with Crippen LogP contribution < -0.4 is 5.43 Å². The lowest BCUT2D eigenvalue weighted by Crippen LogP contribution is -2.18. The Bertz CT molecular complexity index is 615. The molecule has 3 nitrogen and oxygen atoms in total. The van der Waals surface area contributed by atoms with Gasteiger partial charge in [-0.2, -0.15) is 5.10 Å². The Kier molecular flexibility index (Phi) is 4.12. The molecule has 2 rings (SSSR count). The van der Waals surface area contributed by atoms with Gasteiger partial charge in [-0.05, 0) is 37.8 Å². The Balaban J connectivity index is 2.13. The van der Waals surface area contributed by atoms with Gasteiger partial charge in [-0.15, -0.1) is 11.3 Å². The van der Waals surface area contributed by atoms with E-state index in [4.69, 9.17) is 0 Å². The minimum Gasteiger partial charge on any atom is -0.266 e. The molecule has 1 N–H and O–H groups in total. The van der Waals surface area contributed by atoms with Gasteiger partial charge in [0.25, 0.3) is 5.91 Å². The Morgan fingerprint density at radius 2 is 2.05 bits per heavy atom. The van der Waals surface area contributed by atoms with E-state index >= 15 is 0 Å². The molecule has 0 saturated carbocycles. The Labute approximate surface area is 117 Å². The summed E-state index contributed by atoms with van der Waals surface area (Å²) in [4.78, 5) is 12.4. The number of carbonyl (C=O) groups excluding carboxylic acids is 1. The van der Waals surface area contributed by atoms with Crippen LogP contribution in [0.5, 0.6) is 0 Å². The van der Waals surface area contributed by atoms with Crippen molar-refractivity contribution in [3.63, 3.8) is 0 Å². The fraction of sp³-hybridized carbons (Fsp3) is 0.200. The third kappa shape index (κ3) is 3.29. The van der Waals surface area contributed by atoms with Gasteiger partial charge in [0, 0.05) is 5.56 Å². The minimum atomic E-state index is -0.167. The number of aryl methyl sites for hydroxylation is 2. The van der Waals surface area contributed by atoms with Crippen molar-refractivity contribution in [3.05, 3.63) is 57.3 Å². The first-order valence-electron chi connectivity index (χ1n) is 6.03. The summed E-state index contributed by atoms with van der Waals surface area (Å²) in [5.41, 5.74) is 6.82. The number of benzene rings is 1. The monoisotopic (exact) mass is 272 g/mol. The second-order valence-corrected chi connectivity index (χ2v) is 5.38. The zero-order chi connectivity index (χ0) is 13.8. The average molecular weight is 272 g/mol. The van der Waals surface area contributed by atoms with Gasteiger partial charge in [0.05, 0.1) is 10.6 Å². The van der Waals surface area contributed by atoms with E-state index in [1.54, 1.807) is 6.07 Å². The molecule has 19 heavy (non-hydrogen) atoms. The number of carbonyl (C=O) groups is 1. The maximum atomic E-state index is 11.8. The molecule has 1 aromatic heterocycles. The van der Waals surface area contributed by atoms with Crippen LogP contribution in [0.25, 0.3) is 0 Å². The van der Waals surface area contributed by atoms with Crippen LogP contribution >= 0.6 is 11.3 Å². The molecule has 1 heterocycles. The molecule has 0 aliphatic heterocycles. The van der Waals surface area contributed by atoms with Crippen LogP contribution in [0.15, 0.2) is 40.8 Å². The van der Waals surface area contributed by atoms with Crippen molar-refractivity contribution < 1.29 is 4.79 Å². The fourth-order valence-electron chi connectivity index (χ4n) is 1.88. The lowest BCUT2D eigenvalue weighted by molar-refractivity contribution is 0.0959. The molecule has 0 aliphatic rings. The molecular formula is C15H16N2OS. The standard InChI is InChI=1S/C15H16N2OS/c1-10-6-7-13(11(2)9-10)12(3)16-17-15(18)14-5-4-8-19-14/h4-9H,1-3H3,(H,17,18)/b16-12-. The number of hydrogen-bond donors (Lipinski definition) is 1. The quantitative estimate of drug-likeness (QED) is 0.674. The van der Waals surface area contributed by atoms with E-state index in [0.717, 1.165) is 16.8 Å². The minimum absolute atomic E-state index is 0.167. The fourth-order valence-corrected chi connectivity index (χ4v) is 2.49. The summed E-state index contributed by atoms with van der Waals surface area (Å²) in [5.74, 6) is -0.167. The van der Waals surface area contributed by atoms with Crippen LogP contribution in [0.1, 0.15) is 33.3 Å². The highest BCUT2D eigenvalue weighted by atomic mass is 32.1. The van der Waals surface area contributed by atoms with Crippen LogP contribution in [0.2, 0.25) is 0 Å². The maximum Gasteiger partial charge on any atom is 0.281 e. The lowest BCUT2D eigenvalue weighted by Gasteiger charge is -2.06. The second-order valence-electron chi connectivity index (χ2n) is 4.43. The maximum absolute atomic E-state index is 11.8. The zero-order valence-corrected chi connectivity index (χ0v) is 12.0. The molecule has 1 aromatic carbocycles. The summed E-state index contributed by atoms with van der Waals surface area (Å²) < 4.78 is 0. The van der Waals surface area contributed by atoms with Crippen molar-refractivity contribution in [1.82, 2.24) is 5.43 Å². The highest BCUT2D eigenvalue weighted by molar-refractivity contribution is 7.12. The SMILES string of the molecule is C/C(=N/NC(=O)c1cccs1)c1ccc(C)cc1C. The average Bonchev–Trinajstić information content (AvgIpc) is 2.89. The Morgan fingerprint density at radius 1 is 1.26 bits per heavy atom. The smallest absolute Gasteiger partial charge is 0.266 e. The molecule has 98 valence electrons. The van der Waals surface area contributed by atoms with Crippen molar-refractivity contribution in [1.29, 1.82) is 0 Å². The number of thiophene rings is 1. The number of nitrogens with zero attached hydrogens (tertiary/aromatic N) is 1. The first-order valence-corrected chi connectivity index (χ1v) is 6.91. The molecule has 0 atom stereocenters. The van der Waals surface area contributed by atoms with Crippen LogP contribution in [0, 0.1) is 13.8 Å². The topological polar surface area (TPSA) is 41.5 Å². The Hall–Kier alpha value is -1.94. The van der Waals surface area contributed by atoms with E-state index in [0.29, 0.717) is 4.88 Å². The van der Waals surface area contributed by atoms with E-state index < -0.39 is 0 Å². The molecule has 0 aliphatic carbocycles. The molecular weight excluding hydrogens is 256 g/mol. The molecule has 0 bridgehead atoms. The summed E-state index contributed by atoms with van der Waals surface area (Å²) >= 11 is 1.40. The Morgan fingerprint density at radius 3 is 2.68 bits per heavy atom. The van der Waals surface area contributed by atoms with Crippen molar-refractivity contribution in [3.8, 4) is 0 Å². The largest absolute Gasteiger partial charge is 0.281 e. The van der Waals surface area contributed by atoms with Crippen LogP contribution in [0.4, 0.5) is 0 Å². The number of amides is 1. The molecule has 2 aromatic rings. The highest BCUT2D eigenvalue weighted by Gasteiger charge is 2.06. The first kappa shape index (κ1) is 13.5. The third-order valence-electron chi connectivity index (χ3n) is 2.84. The van der Waals surface area contributed by atoms with E-state index in [1.807, 2.05) is 37.4 Å². The van der Waals surface area contributed by atoms with Gasteiger partial charge in [0.2, 0.25) is 0 Å². The van der Waals surface area contributed by atoms with E-state index in [2.05, 4.69) is 23.5 Å². The predicted octanol–water partition coefficient (Wildman–Crippen LogP) is 3.52. The van der Waals surface area contributed by atoms with Gasteiger partial charge in [-0.25, -0.2) is 5.43 Å². The molecule has 0 spiro atoms. The van der Waals surface area contributed by atoms with Crippen LogP contribution in [-0.2, 0) is 0 Å². The molecule has 0 fully saturated rings. The summed E-state index contributed by atoms with van der Waals surface area (Å²) in [5, 5.41) is 6.04. The predicted molar refractivity (Wildman–Crippen MR) is 79.9 cm³/mol. The van der Waals surface area contributed by atoms with E-state index in [1.165, 1.54) is 16.9 Å². The molecule has 0 radical (unpaired) electrons. The summed E-state index contributed by atoms with van der Waals surface area (Å²) in [6.45, 7) is 6.00. The third-order valence-corrected chi connectivity index (χ3v) is 3.71. The van der Waals surface area contributed by atoms with E-state index in [9.17, 15) is 4.79 Å². The summed E-state index contributed by atoms with van der Waals surface area (Å²) in [6, 6.07) is 9.81. The van der Waals surface area contributed by atoms with Crippen molar-refractivity contribution in [2.75, 3.05) is 0 Å². The van der Waals surface area contributed by atoms with Gasteiger partial charge < -0.3 is 0 Å². The zero-order valence-electron chi connectivity index (χ0n) is 11.2. The number of hydrogen-bond acceptors (Lipinski definition) is 3. The van der Waals surface area contributed by atoms with Crippen LogP contribution in [-0.4, -0.2) is 11.6 Å². The van der Waals surface area contributed by atoms with E-state index in [-0.39, 0.29) is 5.91 Å². The van der Waals surface area contributed by atoms with Gasteiger partial charge in [-0.1, -0.05) is 29.8 Å². The normalized spacial score (nSPS) is 11.4. The number of hydrazone groups is 1. The molecule has 0 unspecified atom stereocenters. The molecule has 0 saturated heterocycles. The molecule has 4 heteroatoms. The van der Waals surface area contributed by atoms with Crippen molar-refractivity contribution in [2.24, 2.45) is 5.10 Å².